The monoisotopic (exact) mass is 295 g/mol. The van der Waals surface area contributed by atoms with Crippen molar-refractivity contribution in [3.63, 3.8) is 0 Å². The van der Waals surface area contributed by atoms with Gasteiger partial charge in [-0.15, -0.1) is 10.2 Å². The third kappa shape index (κ3) is 2.70. The zero-order valence-corrected chi connectivity index (χ0v) is 12.6. The van der Waals surface area contributed by atoms with Crippen LogP contribution in [0.5, 0.6) is 0 Å². The third-order valence-corrected chi connectivity index (χ3v) is 4.98. The van der Waals surface area contributed by atoms with Crippen molar-refractivity contribution in [2.24, 2.45) is 5.73 Å². The standard InChI is InChI=1S/C13H21N5OS/c1-19-8-7-10(14)12-17-18-11(15-16-13(18)20-12)9-5-3-2-4-6-9/h9-10H,2-8,14H2,1H3. The number of methoxy groups -OCH3 is 1. The van der Waals surface area contributed by atoms with Gasteiger partial charge < -0.3 is 10.5 Å². The smallest absolute Gasteiger partial charge is 0.234 e. The van der Waals surface area contributed by atoms with Crippen LogP contribution in [0, 0.1) is 0 Å². The Bertz CT molecular complexity index is 560. The molecule has 1 aliphatic rings. The summed E-state index contributed by atoms with van der Waals surface area (Å²) in [5.74, 6) is 1.52. The van der Waals surface area contributed by atoms with E-state index in [1.54, 1.807) is 7.11 Å². The Labute approximate surface area is 122 Å². The van der Waals surface area contributed by atoms with E-state index in [9.17, 15) is 0 Å². The highest BCUT2D eigenvalue weighted by atomic mass is 32.1. The molecule has 0 aromatic carbocycles. The zero-order valence-electron chi connectivity index (χ0n) is 11.8. The van der Waals surface area contributed by atoms with Crippen LogP contribution in [0.15, 0.2) is 0 Å². The molecule has 0 amide bonds. The molecule has 1 aliphatic carbocycles. The maximum Gasteiger partial charge on any atom is 0.234 e. The molecule has 0 spiro atoms. The van der Waals surface area contributed by atoms with E-state index in [2.05, 4.69) is 15.3 Å². The highest BCUT2D eigenvalue weighted by Gasteiger charge is 2.23. The molecule has 1 saturated carbocycles. The van der Waals surface area contributed by atoms with Crippen LogP contribution < -0.4 is 5.73 Å². The quantitative estimate of drug-likeness (QED) is 0.915. The number of nitrogens with zero attached hydrogens (tertiary/aromatic N) is 4. The molecule has 2 aromatic rings. The Morgan fingerprint density at radius 3 is 2.90 bits per heavy atom. The lowest BCUT2D eigenvalue weighted by molar-refractivity contribution is 0.188. The van der Waals surface area contributed by atoms with Crippen molar-refractivity contribution in [3.8, 4) is 0 Å². The first-order valence-corrected chi connectivity index (χ1v) is 8.08. The molecule has 1 unspecified atom stereocenters. The van der Waals surface area contributed by atoms with Crippen LogP contribution in [0.2, 0.25) is 0 Å². The first kappa shape index (κ1) is 13.9. The molecule has 110 valence electrons. The Morgan fingerprint density at radius 1 is 1.35 bits per heavy atom. The van der Waals surface area contributed by atoms with Crippen LogP contribution >= 0.6 is 11.3 Å². The van der Waals surface area contributed by atoms with Crippen LogP contribution in [0.25, 0.3) is 4.96 Å². The van der Waals surface area contributed by atoms with Gasteiger partial charge >= 0.3 is 0 Å². The molecule has 7 heteroatoms. The summed E-state index contributed by atoms with van der Waals surface area (Å²) in [5.41, 5.74) is 6.14. The number of ether oxygens (including phenoxy) is 1. The van der Waals surface area contributed by atoms with Crippen molar-refractivity contribution in [2.75, 3.05) is 13.7 Å². The molecule has 0 radical (unpaired) electrons. The molecule has 6 nitrogen and oxygen atoms in total. The molecule has 2 heterocycles. The Balaban J connectivity index is 1.82. The van der Waals surface area contributed by atoms with Gasteiger partial charge in [-0.2, -0.15) is 9.61 Å². The van der Waals surface area contributed by atoms with E-state index in [1.807, 2.05) is 4.52 Å². The van der Waals surface area contributed by atoms with Gasteiger partial charge in [0.15, 0.2) is 5.82 Å². The molecule has 20 heavy (non-hydrogen) atoms. The van der Waals surface area contributed by atoms with Gasteiger partial charge in [0.1, 0.15) is 5.01 Å². The lowest BCUT2D eigenvalue weighted by atomic mass is 9.89. The minimum Gasteiger partial charge on any atom is -0.385 e. The van der Waals surface area contributed by atoms with E-state index >= 15 is 0 Å². The summed E-state index contributed by atoms with van der Waals surface area (Å²) < 4.78 is 6.98. The SMILES string of the molecule is COCCC(N)c1nn2c(C3CCCCC3)nnc2s1. The van der Waals surface area contributed by atoms with Crippen molar-refractivity contribution in [1.82, 2.24) is 19.8 Å². The zero-order chi connectivity index (χ0) is 13.9. The average molecular weight is 295 g/mol. The van der Waals surface area contributed by atoms with Crippen molar-refractivity contribution in [1.29, 1.82) is 0 Å². The number of hydrogen-bond donors (Lipinski definition) is 1. The predicted molar refractivity (Wildman–Crippen MR) is 77.9 cm³/mol. The van der Waals surface area contributed by atoms with Crippen LogP contribution in [0.4, 0.5) is 0 Å². The predicted octanol–water partition coefficient (Wildman–Crippen LogP) is 2.27. The summed E-state index contributed by atoms with van der Waals surface area (Å²) in [6.45, 7) is 0.650. The van der Waals surface area contributed by atoms with Crippen molar-refractivity contribution in [3.05, 3.63) is 10.8 Å². The second-order valence-electron chi connectivity index (χ2n) is 5.42. The molecule has 0 aliphatic heterocycles. The fourth-order valence-electron chi connectivity index (χ4n) is 2.78. The number of rotatable bonds is 5. The summed E-state index contributed by atoms with van der Waals surface area (Å²) in [4.78, 5) is 0.855. The molecular weight excluding hydrogens is 274 g/mol. The van der Waals surface area contributed by atoms with Crippen molar-refractivity contribution >= 4 is 16.3 Å². The molecule has 0 saturated heterocycles. The van der Waals surface area contributed by atoms with Crippen LogP contribution in [0.1, 0.15) is 61.3 Å². The summed E-state index contributed by atoms with van der Waals surface area (Å²) in [5, 5.41) is 14.1. The number of fused-ring (bicyclic) bond motifs is 1. The Kier molecular flexibility index (Phi) is 4.28. The Hall–Kier alpha value is -1.05. The van der Waals surface area contributed by atoms with E-state index in [0.717, 1.165) is 22.2 Å². The number of aromatic nitrogens is 4. The highest BCUT2D eigenvalue weighted by Crippen LogP contribution is 2.32. The normalized spacial score (nSPS) is 18.7. The van der Waals surface area contributed by atoms with Gasteiger partial charge in [0.05, 0.1) is 6.04 Å². The topological polar surface area (TPSA) is 78.3 Å². The summed E-state index contributed by atoms with van der Waals surface area (Å²) in [6, 6.07) is -0.0825. The largest absolute Gasteiger partial charge is 0.385 e. The van der Waals surface area contributed by atoms with E-state index in [0.29, 0.717) is 12.5 Å². The van der Waals surface area contributed by atoms with Gasteiger partial charge in [0, 0.05) is 19.6 Å². The second-order valence-corrected chi connectivity index (χ2v) is 6.40. The first-order chi connectivity index (χ1) is 9.79. The third-order valence-electron chi connectivity index (χ3n) is 3.95. The number of hydrogen-bond acceptors (Lipinski definition) is 6. The molecular formula is C13H21N5OS. The summed E-state index contributed by atoms with van der Waals surface area (Å²) in [7, 11) is 1.69. The minimum atomic E-state index is -0.0825. The first-order valence-electron chi connectivity index (χ1n) is 7.26. The van der Waals surface area contributed by atoms with Gasteiger partial charge in [0.25, 0.3) is 0 Å². The van der Waals surface area contributed by atoms with Crippen molar-refractivity contribution < 1.29 is 4.74 Å². The van der Waals surface area contributed by atoms with Gasteiger partial charge in [0.2, 0.25) is 4.96 Å². The maximum atomic E-state index is 6.14. The summed E-state index contributed by atoms with van der Waals surface area (Å²) in [6.07, 6.45) is 7.07. The molecule has 2 N–H and O–H groups in total. The molecule has 2 aromatic heterocycles. The molecule has 1 atom stereocenters. The lowest BCUT2D eigenvalue weighted by Crippen LogP contribution is -2.14. The second kappa shape index (κ2) is 6.15. The molecule has 0 bridgehead atoms. The fourth-order valence-corrected chi connectivity index (χ4v) is 3.66. The lowest BCUT2D eigenvalue weighted by Gasteiger charge is -2.18. The van der Waals surface area contributed by atoms with E-state index < -0.39 is 0 Å². The van der Waals surface area contributed by atoms with Gasteiger partial charge in [-0.25, -0.2) is 0 Å². The van der Waals surface area contributed by atoms with E-state index in [-0.39, 0.29) is 6.04 Å². The maximum absolute atomic E-state index is 6.14. The average Bonchev–Trinajstić information content (AvgIpc) is 3.05. The molecule has 1 fully saturated rings. The van der Waals surface area contributed by atoms with E-state index in [4.69, 9.17) is 10.5 Å². The van der Waals surface area contributed by atoms with Gasteiger partial charge in [-0.05, 0) is 19.3 Å². The van der Waals surface area contributed by atoms with E-state index in [1.165, 1.54) is 43.4 Å². The Morgan fingerprint density at radius 2 is 2.15 bits per heavy atom. The highest BCUT2D eigenvalue weighted by molar-refractivity contribution is 7.16. The van der Waals surface area contributed by atoms with Crippen LogP contribution in [-0.2, 0) is 4.74 Å². The van der Waals surface area contributed by atoms with Gasteiger partial charge in [-0.3, -0.25) is 0 Å². The van der Waals surface area contributed by atoms with Crippen LogP contribution in [0.3, 0.4) is 0 Å². The van der Waals surface area contributed by atoms with Gasteiger partial charge in [-0.1, -0.05) is 30.6 Å². The minimum absolute atomic E-state index is 0.0825. The number of nitrogens with two attached hydrogens (primary N) is 1. The van der Waals surface area contributed by atoms with Crippen LogP contribution in [-0.4, -0.2) is 33.5 Å². The summed E-state index contributed by atoms with van der Waals surface area (Å²) >= 11 is 1.54. The fraction of sp³-hybridized carbons (Fsp3) is 0.769. The van der Waals surface area contributed by atoms with Crippen molar-refractivity contribution in [2.45, 2.75) is 50.5 Å². The molecule has 3 rings (SSSR count).